The molecule has 2 N–H and O–H groups in total. The molecule has 1 aromatic carbocycles. The van der Waals surface area contributed by atoms with E-state index in [1.165, 1.54) is 16.8 Å². The first-order valence-electron chi connectivity index (χ1n) is 7.95. The van der Waals surface area contributed by atoms with Crippen LogP contribution in [-0.4, -0.2) is 39.9 Å². The number of nitrogens with zero attached hydrogens (tertiary/aromatic N) is 2. The molecule has 1 aliphatic heterocycles. The van der Waals surface area contributed by atoms with Gasteiger partial charge in [-0.05, 0) is 18.2 Å². The first-order chi connectivity index (χ1) is 11.7. The predicted octanol–water partition coefficient (Wildman–Crippen LogP) is 0.469. The van der Waals surface area contributed by atoms with Crippen molar-refractivity contribution in [1.29, 1.82) is 0 Å². The van der Waals surface area contributed by atoms with Crippen molar-refractivity contribution in [1.82, 2.24) is 19.4 Å². The third kappa shape index (κ3) is 2.68. The largest absolute Gasteiger partial charge is 0.374 e. The van der Waals surface area contributed by atoms with E-state index in [9.17, 15) is 9.59 Å². The topological polar surface area (TPSA) is 81.0 Å². The molecule has 1 fully saturated rings. The highest BCUT2D eigenvalue weighted by Gasteiger charge is 2.16. The number of nitrogens with one attached hydrogen (secondary N) is 2. The van der Waals surface area contributed by atoms with Gasteiger partial charge < -0.3 is 14.6 Å². The lowest BCUT2D eigenvalue weighted by molar-refractivity contribution is 0.0189. The maximum absolute atomic E-state index is 12.1. The van der Waals surface area contributed by atoms with Crippen LogP contribution in [0, 0.1) is 0 Å². The SMILES string of the molecule is O=c1ccn(-c2cccc3c2ccn3CC2CNCCO2)c(=O)[nH]1. The first kappa shape index (κ1) is 14.9. The van der Waals surface area contributed by atoms with Gasteiger partial charge in [0.25, 0.3) is 5.56 Å². The summed E-state index contributed by atoms with van der Waals surface area (Å²) < 4.78 is 9.35. The lowest BCUT2D eigenvalue weighted by atomic mass is 10.2. The highest BCUT2D eigenvalue weighted by molar-refractivity contribution is 5.88. The van der Waals surface area contributed by atoms with Gasteiger partial charge in [-0.2, -0.15) is 0 Å². The molecule has 24 heavy (non-hydrogen) atoms. The molecular weight excluding hydrogens is 308 g/mol. The van der Waals surface area contributed by atoms with Gasteiger partial charge in [-0.3, -0.25) is 14.3 Å². The molecule has 0 radical (unpaired) electrons. The fourth-order valence-electron chi connectivity index (χ4n) is 3.14. The number of fused-ring (bicyclic) bond motifs is 1. The van der Waals surface area contributed by atoms with Gasteiger partial charge in [0, 0.05) is 36.9 Å². The third-order valence-corrected chi connectivity index (χ3v) is 4.28. The van der Waals surface area contributed by atoms with Gasteiger partial charge in [-0.25, -0.2) is 4.79 Å². The number of rotatable bonds is 3. The van der Waals surface area contributed by atoms with Crippen LogP contribution in [0.5, 0.6) is 0 Å². The molecule has 7 nitrogen and oxygen atoms in total. The molecule has 2 aromatic heterocycles. The molecule has 0 bridgehead atoms. The summed E-state index contributed by atoms with van der Waals surface area (Å²) in [4.78, 5) is 25.6. The van der Waals surface area contributed by atoms with E-state index in [1.807, 2.05) is 30.5 Å². The Bertz CT molecular complexity index is 979. The number of morpholine rings is 1. The number of benzene rings is 1. The summed E-state index contributed by atoms with van der Waals surface area (Å²) in [6.07, 6.45) is 3.64. The highest BCUT2D eigenvalue weighted by Crippen LogP contribution is 2.23. The summed E-state index contributed by atoms with van der Waals surface area (Å²) in [7, 11) is 0. The molecule has 1 atom stereocenters. The molecule has 4 rings (SSSR count). The van der Waals surface area contributed by atoms with Gasteiger partial charge in [-0.15, -0.1) is 0 Å². The number of H-pyrrole nitrogens is 1. The van der Waals surface area contributed by atoms with Gasteiger partial charge in [0.15, 0.2) is 0 Å². The maximum Gasteiger partial charge on any atom is 0.332 e. The number of aromatic amines is 1. The van der Waals surface area contributed by atoms with Crippen LogP contribution in [0.15, 0.2) is 52.3 Å². The van der Waals surface area contributed by atoms with E-state index in [1.54, 1.807) is 0 Å². The van der Waals surface area contributed by atoms with Crippen molar-refractivity contribution >= 4 is 10.9 Å². The highest BCUT2D eigenvalue weighted by atomic mass is 16.5. The van der Waals surface area contributed by atoms with Crippen LogP contribution in [0.2, 0.25) is 0 Å². The second-order valence-electron chi connectivity index (χ2n) is 5.86. The van der Waals surface area contributed by atoms with Crippen LogP contribution in [0.1, 0.15) is 0 Å². The summed E-state index contributed by atoms with van der Waals surface area (Å²) in [5, 5.41) is 4.28. The van der Waals surface area contributed by atoms with E-state index in [0.29, 0.717) is 0 Å². The lowest BCUT2D eigenvalue weighted by Crippen LogP contribution is -2.40. The molecule has 7 heteroatoms. The molecule has 0 spiro atoms. The van der Waals surface area contributed by atoms with Crippen LogP contribution in [0.25, 0.3) is 16.6 Å². The Balaban J connectivity index is 1.76. The van der Waals surface area contributed by atoms with E-state index in [0.717, 1.165) is 42.8 Å². The Labute approximate surface area is 137 Å². The predicted molar refractivity (Wildman–Crippen MR) is 90.8 cm³/mol. The zero-order chi connectivity index (χ0) is 16.5. The molecular formula is C17H18N4O3. The normalized spacial score (nSPS) is 18.1. The Morgan fingerprint density at radius 2 is 2.08 bits per heavy atom. The fraction of sp³-hybridized carbons (Fsp3) is 0.294. The van der Waals surface area contributed by atoms with Gasteiger partial charge in [0.05, 0.1) is 30.5 Å². The van der Waals surface area contributed by atoms with Gasteiger partial charge >= 0.3 is 5.69 Å². The number of aromatic nitrogens is 3. The average molecular weight is 326 g/mol. The summed E-state index contributed by atoms with van der Waals surface area (Å²) in [5.41, 5.74) is 0.931. The van der Waals surface area contributed by atoms with Crippen LogP contribution < -0.4 is 16.6 Å². The van der Waals surface area contributed by atoms with Gasteiger partial charge in [-0.1, -0.05) is 6.07 Å². The van der Waals surface area contributed by atoms with Crippen molar-refractivity contribution in [3.63, 3.8) is 0 Å². The maximum atomic E-state index is 12.1. The molecule has 0 saturated carbocycles. The van der Waals surface area contributed by atoms with Crippen molar-refractivity contribution in [2.45, 2.75) is 12.6 Å². The summed E-state index contributed by atoms with van der Waals surface area (Å²) in [6, 6.07) is 9.12. The molecule has 0 amide bonds. The van der Waals surface area contributed by atoms with E-state index in [2.05, 4.69) is 14.9 Å². The minimum absolute atomic E-state index is 0.133. The van der Waals surface area contributed by atoms with Crippen LogP contribution >= 0.6 is 0 Å². The van der Waals surface area contributed by atoms with E-state index in [-0.39, 0.29) is 6.10 Å². The number of ether oxygens (including phenoxy) is 1. The van der Waals surface area contributed by atoms with Crippen molar-refractivity contribution < 1.29 is 4.74 Å². The standard InChI is InChI=1S/C17H18N4O3/c22-16-5-8-21(17(23)19-16)15-3-1-2-14-13(15)4-7-20(14)11-12-10-18-6-9-24-12/h1-5,7-8,12,18H,6,9-11H2,(H,19,22,23). The Morgan fingerprint density at radius 3 is 2.88 bits per heavy atom. The quantitative estimate of drug-likeness (QED) is 0.733. The monoisotopic (exact) mass is 326 g/mol. The summed E-state index contributed by atoms with van der Waals surface area (Å²) in [6.45, 7) is 3.20. The van der Waals surface area contributed by atoms with Crippen LogP contribution in [0.3, 0.4) is 0 Å². The summed E-state index contributed by atoms with van der Waals surface area (Å²) >= 11 is 0. The molecule has 1 saturated heterocycles. The molecule has 1 aliphatic rings. The molecule has 124 valence electrons. The molecule has 0 aliphatic carbocycles. The van der Waals surface area contributed by atoms with Crippen molar-refractivity contribution in [3.05, 3.63) is 63.6 Å². The first-order valence-corrected chi connectivity index (χ1v) is 7.95. The zero-order valence-electron chi connectivity index (χ0n) is 13.1. The van der Waals surface area contributed by atoms with Gasteiger partial charge in [0.1, 0.15) is 0 Å². The van der Waals surface area contributed by atoms with E-state index >= 15 is 0 Å². The Hall–Kier alpha value is -2.64. The fourth-order valence-corrected chi connectivity index (χ4v) is 3.14. The van der Waals surface area contributed by atoms with Crippen molar-refractivity contribution in [2.75, 3.05) is 19.7 Å². The zero-order valence-corrected chi connectivity index (χ0v) is 13.1. The molecule has 3 aromatic rings. The Morgan fingerprint density at radius 1 is 1.17 bits per heavy atom. The third-order valence-electron chi connectivity index (χ3n) is 4.28. The smallest absolute Gasteiger partial charge is 0.332 e. The van der Waals surface area contributed by atoms with Crippen molar-refractivity contribution in [3.8, 4) is 5.69 Å². The minimum atomic E-state index is -0.442. The summed E-state index contributed by atoms with van der Waals surface area (Å²) in [5.74, 6) is 0. The molecule has 3 heterocycles. The van der Waals surface area contributed by atoms with Gasteiger partial charge in [0.2, 0.25) is 0 Å². The lowest BCUT2D eigenvalue weighted by Gasteiger charge is -2.24. The Kier molecular flexibility index (Phi) is 3.79. The van der Waals surface area contributed by atoms with Crippen LogP contribution in [0.4, 0.5) is 0 Å². The average Bonchev–Trinajstić information content (AvgIpc) is 2.99. The van der Waals surface area contributed by atoms with Crippen molar-refractivity contribution in [2.24, 2.45) is 0 Å². The number of hydrogen-bond acceptors (Lipinski definition) is 4. The molecule has 1 unspecified atom stereocenters. The number of hydrogen-bond donors (Lipinski definition) is 2. The van der Waals surface area contributed by atoms with E-state index in [4.69, 9.17) is 4.74 Å². The second-order valence-corrected chi connectivity index (χ2v) is 5.86. The minimum Gasteiger partial charge on any atom is -0.374 e. The van der Waals surface area contributed by atoms with Crippen LogP contribution in [-0.2, 0) is 11.3 Å². The van der Waals surface area contributed by atoms with E-state index < -0.39 is 11.2 Å². The second kappa shape index (κ2) is 6.10.